The average molecular weight is 219 g/mol. The molecule has 1 rings (SSSR count). The van der Waals surface area contributed by atoms with Gasteiger partial charge in [0.2, 0.25) is 0 Å². The van der Waals surface area contributed by atoms with Crippen molar-refractivity contribution < 1.29 is 9.53 Å². The highest BCUT2D eigenvalue weighted by molar-refractivity contribution is 5.89. The number of hydrogen-bond donors (Lipinski definition) is 1. The van der Waals surface area contributed by atoms with Gasteiger partial charge in [-0.2, -0.15) is 0 Å². The molecule has 86 valence electrons. The van der Waals surface area contributed by atoms with E-state index in [2.05, 4.69) is 11.7 Å². The Hall–Kier alpha value is -1.77. The molecule has 0 fully saturated rings. The first-order chi connectivity index (χ1) is 7.67. The molecule has 2 N–H and O–H groups in total. The average Bonchev–Trinajstić information content (AvgIpc) is 2.29. The molecule has 0 aliphatic carbocycles. The van der Waals surface area contributed by atoms with Crippen molar-refractivity contribution in [1.82, 2.24) is 0 Å². The minimum atomic E-state index is -0.322. The van der Waals surface area contributed by atoms with E-state index in [1.807, 2.05) is 18.2 Å². The van der Waals surface area contributed by atoms with E-state index in [4.69, 9.17) is 5.73 Å². The first-order valence-corrected chi connectivity index (χ1v) is 5.31. The van der Waals surface area contributed by atoms with Crippen molar-refractivity contribution in [2.75, 3.05) is 7.11 Å². The Balaban J connectivity index is 2.79. The monoisotopic (exact) mass is 219 g/mol. The fourth-order valence-electron chi connectivity index (χ4n) is 1.41. The van der Waals surface area contributed by atoms with Crippen molar-refractivity contribution in [1.29, 1.82) is 0 Å². The highest BCUT2D eigenvalue weighted by Crippen LogP contribution is 2.10. The van der Waals surface area contributed by atoms with Crippen molar-refractivity contribution in [3.63, 3.8) is 0 Å². The number of benzene rings is 1. The summed E-state index contributed by atoms with van der Waals surface area (Å²) < 4.78 is 4.62. The number of nitrogens with two attached hydrogens (primary N) is 1. The van der Waals surface area contributed by atoms with E-state index < -0.39 is 0 Å². The molecule has 0 radical (unpaired) electrons. The maximum atomic E-state index is 11.2. The van der Waals surface area contributed by atoms with E-state index in [1.165, 1.54) is 7.11 Å². The van der Waals surface area contributed by atoms with E-state index in [-0.39, 0.29) is 5.97 Å². The van der Waals surface area contributed by atoms with Gasteiger partial charge in [0, 0.05) is 5.70 Å². The van der Waals surface area contributed by atoms with Crippen LogP contribution in [-0.4, -0.2) is 13.1 Å². The summed E-state index contributed by atoms with van der Waals surface area (Å²) in [5, 5.41) is 0. The Bertz CT molecular complexity index is 379. The van der Waals surface area contributed by atoms with Crippen molar-refractivity contribution in [2.24, 2.45) is 5.73 Å². The van der Waals surface area contributed by atoms with Crippen LogP contribution in [0.4, 0.5) is 0 Å². The third-order valence-electron chi connectivity index (χ3n) is 2.22. The Kier molecular flexibility index (Phi) is 4.58. The van der Waals surface area contributed by atoms with E-state index in [9.17, 15) is 4.79 Å². The zero-order chi connectivity index (χ0) is 12.0. The third kappa shape index (κ3) is 3.42. The second kappa shape index (κ2) is 5.95. The lowest BCUT2D eigenvalue weighted by molar-refractivity contribution is 0.0601. The van der Waals surface area contributed by atoms with Gasteiger partial charge in [-0.15, -0.1) is 0 Å². The topological polar surface area (TPSA) is 52.3 Å². The summed E-state index contributed by atoms with van der Waals surface area (Å²) in [6, 6.07) is 7.18. The Labute approximate surface area is 95.9 Å². The number of hydrogen-bond acceptors (Lipinski definition) is 3. The van der Waals surface area contributed by atoms with Crippen molar-refractivity contribution in [2.45, 2.75) is 19.8 Å². The van der Waals surface area contributed by atoms with E-state index in [0.717, 1.165) is 24.1 Å². The van der Waals surface area contributed by atoms with Crippen LogP contribution in [0.2, 0.25) is 0 Å². The first-order valence-electron chi connectivity index (χ1n) is 5.31. The highest BCUT2D eigenvalue weighted by atomic mass is 16.5. The number of rotatable bonds is 4. The largest absolute Gasteiger partial charge is 0.465 e. The van der Waals surface area contributed by atoms with E-state index in [1.54, 1.807) is 12.1 Å². The summed E-state index contributed by atoms with van der Waals surface area (Å²) in [4.78, 5) is 11.2. The molecule has 0 heterocycles. The third-order valence-corrected chi connectivity index (χ3v) is 2.22. The lowest BCUT2D eigenvalue weighted by atomic mass is 10.1. The van der Waals surface area contributed by atoms with Crippen LogP contribution in [0, 0.1) is 0 Å². The Morgan fingerprint density at radius 2 is 2.00 bits per heavy atom. The van der Waals surface area contributed by atoms with Crippen LogP contribution in [0.1, 0.15) is 35.7 Å². The fourth-order valence-corrected chi connectivity index (χ4v) is 1.41. The number of carbonyl (C=O) groups is 1. The lowest BCUT2D eigenvalue weighted by Gasteiger charge is -2.01. The van der Waals surface area contributed by atoms with Crippen LogP contribution in [-0.2, 0) is 4.74 Å². The maximum absolute atomic E-state index is 11.2. The van der Waals surface area contributed by atoms with Gasteiger partial charge in [0.1, 0.15) is 0 Å². The normalized spacial score (nSPS) is 11.2. The molecule has 3 nitrogen and oxygen atoms in total. The van der Waals surface area contributed by atoms with Gasteiger partial charge in [-0.05, 0) is 30.2 Å². The highest BCUT2D eigenvalue weighted by Gasteiger charge is 2.03. The Morgan fingerprint density at radius 1 is 1.38 bits per heavy atom. The van der Waals surface area contributed by atoms with Crippen LogP contribution < -0.4 is 5.73 Å². The van der Waals surface area contributed by atoms with Gasteiger partial charge in [0.05, 0.1) is 12.7 Å². The Morgan fingerprint density at radius 3 is 2.50 bits per heavy atom. The smallest absolute Gasteiger partial charge is 0.337 e. The predicted molar refractivity (Wildman–Crippen MR) is 64.9 cm³/mol. The molecule has 0 saturated heterocycles. The molecule has 0 bridgehead atoms. The summed E-state index contributed by atoms with van der Waals surface area (Å²) in [7, 11) is 1.37. The molecule has 16 heavy (non-hydrogen) atoms. The molecule has 1 aromatic carbocycles. The molecule has 0 atom stereocenters. The van der Waals surface area contributed by atoms with Gasteiger partial charge in [-0.3, -0.25) is 0 Å². The SMILES string of the molecule is CCCC(N)=Cc1ccc(C(=O)OC)cc1. The van der Waals surface area contributed by atoms with Gasteiger partial charge in [0.25, 0.3) is 0 Å². The minimum Gasteiger partial charge on any atom is -0.465 e. The summed E-state index contributed by atoms with van der Waals surface area (Å²) >= 11 is 0. The molecule has 0 saturated carbocycles. The zero-order valence-corrected chi connectivity index (χ0v) is 9.69. The van der Waals surface area contributed by atoms with E-state index >= 15 is 0 Å². The predicted octanol–water partition coefficient (Wildman–Crippen LogP) is 2.57. The molecular formula is C13H17NO2. The second-order valence-corrected chi connectivity index (χ2v) is 3.58. The molecular weight excluding hydrogens is 202 g/mol. The van der Waals surface area contributed by atoms with Crippen molar-refractivity contribution in [3.05, 3.63) is 41.1 Å². The molecule has 0 amide bonds. The van der Waals surface area contributed by atoms with Gasteiger partial charge < -0.3 is 10.5 Å². The van der Waals surface area contributed by atoms with Gasteiger partial charge in [0.15, 0.2) is 0 Å². The summed E-state index contributed by atoms with van der Waals surface area (Å²) in [6.45, 7) is 2.08. The summed E-state index contributed by atoms with van der Waals surface area (Å²) in [6.07, 6.45) is 3.84. The molecule has 0 unspecified atom stereocenters. The van der Waals surface area contributed by atoms with Gasteiger partial charge in [-0.25, -0.2) is 4.79 Å². The number of methoxy groups -OCH3 is 1. The van der Waals surface area contributed by atoms with Gasteiger partial charge in [-0.1, -0.05) is 25.5 Å². The molecule has 0 aliphatic rings. The standard InChI is InChI=1S/C13H17NO2/c1-3-4-12(14)9-10-5-7-11(8-6-10)13(15)16-2/h5-9H,3-4,14H2,1-2H3. The number of allylic oxidation sites excluding steroid dienone is 1. The molecule has 0 spiro atoms. The first kappa shape index (κ1) is 12.3. The number of ether oxygens (including phenoxy) is 1. The number of esters is 1. The quantitative estimate of drug-likeness (QED) is 0.792. The van der Waals surface area contributed by atoms with Crippen LogP contribution >= 0.6 is 0 Å². The molecule has 3 heteroatoms. The summed E-state index contributed by atoms with van der Waals surface area (Å²) in [5.41, 5.74) is 8.21. The lowest BCUT2D eigenvalue weighted by Crippen LogP contribution is -2.00. The van der Waals surface area contributed by atoms with Crippen LogP contribution in [0.5, 0.6) is 0 Å². The minimum absolute atomic E-state index is 0.322. The number of carbonyl (C=O) groups excluding carboxylic acids is 1. The van der Waals surface area contributed by atoms with E-state index in [0.29, 0.717) is 5.56 Å². The van der Waals surface area contributed by atoms with Crippen molar-refractivity contribution >= 4 is 12.0 Å². The fraction of sp³-hybridized carbons (Fsp3) is 0.308. The van der Waals surface area contributed by atoms with Crippen LogP contribution in [0.3, 0.4) is 0 Å². The molecule has 0 aromatic heterocycles. The van der Waals surface area contributed by atoms with Gasteiger partial charge >= 0.3 is 5.97 Å². The zero-order valence-electron chi connectivity index (χ0n) is 9.69. The summed E-state index contributed by atoms with van der Waals surface area (Å²) in [5.74, 6) is -0.322. The maximum Gasteiger partial charge on any atom is 0.337 e. The van der Waals surface area contributed by atoms with Crippen LogP contribution in [0.15, 0.2) is 30.0 Å². The van der Waals surface area contributed by atoms with Crippen LogP contribution in [0.25, 0.3) is 6.08 Å². The second-order valence-electron chi connectivity index (χ2n) is 3.58. The van der Waals surface area contributed by atoms with Crippen molar-refractivity contribution in [3.8, 4) is 0 Å². The molecule has 1 aromatic rings. The molecule has 0 aliphatic heterocycles.